The van der Waals surface area contributed by atoms with E-state index >= 15 is 0 Å². The van der Waals surface area contributed by atoms with Gasteiger partial charge in [0.1, 0.15) is 11.6 Å². The summed E-state index contributed by atoms with van der Waals surface area (Å²) in [5.74, 6) is -1.48. The van der Waals surface area contributed by atoms with Crippen LogP contribution in [0.4, 0.5) is 23.2 Å². The fourth-order valence-electron chi connectivity index (χ4n) is 4.95. The van der Waals surface area contributed by atoms with Crippen LogP contribution in [0.5, 0.6) is 5.75 Å². The first-order valence-electron chi connectivity index (χ1n) is 13.3. The highest BCUT2D eigenvalue weighted by Crippen LogP contribution is 2.49. The molecule has 1 N–H and O–H groups in total. The second-order valence-electron chi connectivity index (χ2n) is 10.3. The van der Waals surface area contributed by atoms with Crippen LogP contribution in [0.1, 0.15) is 55.0 Å². The lowest BCUT2D eigenvalue weighted by Gasteiger charge is -2.30. The number of nitrogens with zero attached hydrogens (tertiary/aromatic N) is 1. The molecular weight excluding hydrogens is 564 g/mol. The van der Waals surface area contributed by atoms with Crippen LogP contribution in [0.25, 0.3) is 0 Å². The number of ether oxygens (including phenoxy) is 1. The lowest BCUT2D eigenvalue weighted by atomic mass is 9.84. The molecule has 0 radical (unpaired) electrons. The van der Waals surface area contributed by atoms with Crippen LogP contribution in [0, 0.1) is 26.6 Å². The minimum Gasteiger partial charge on any atom is -0.423 e. The molecule has 1 aliphatic heterocycles. The van der Waals surface area contributed by atoms with E-state index < -0.39 is 35.9 Å². The molecule has 0 saturated carbocycles. The maximum Gasteiger partial charge on any atom is 0.435 e. The number of anilines is 1. The number of carbonyl (C=O) groups excluding carboxylic acids is 2. The molecule has 0 aliphatic carbocycles. The van der Waals surface area contributed by atoms with Crippen LogP contribution < -0.4 is 10.1 Å². The zero-order valence-corrected chi connectivity index (χ0v) is 23.4. The Hall–Kier alpha value is -4.99. The number of hydrogen-bond donors (Lipinski definition) is 1. The number of nitrogens with one attached hydrogen (secondary N) is 1. The Morgan fingerprint density at radius 1 is 0.884 bits per heavy atom. The molecule has 1 atom stereocenters. The summed E-state index contributed by atoms with van der Waals surface area (Å²) in [5.41, 5.74) is -0.215. The van der Waals surface area contributed by atoms with E-state index in [1.165, 1.54) is 36.4 Å². The minimum atomic E-state index is -4.84. The molecule has 1 aliphatic rings. The van der Waals surface area contributed by atoms with E-state index in [0.29, 0.717) is 27.9 Å². The van der Waals surface area contributed by atoms with Gasteiger partial charge in [-0.05, 0) is 91.6 Å². The van der Waals surface area contributed by atoms with Crippen molar-refractivity contribution in [2.24, 2.45) is 5.16 Å². The van der Waals surface area contributed by atoms with Crippen molar-refractivity contribution < 1.29 is 36.7 Å². The van der Waals surface area contributed by atoms with Gasteiger partial charge in [0.2, 0.25) is 0 Å². The second kappa shape index (κ2) is 11.4. The summed E-state index contributed by atoms with van der Waals surface area (Å²) in [4.78, 5) is 30.9. The Bertz CT molecular complexity index is 1730. The Morgan fingerprint density at radius 2 is 1.56 bits per heavy atom. The average Bonchev–Trinajstić information content (AvgIpc) is 3.43. The van der Waals surface area contributed by atoms with Gasteiger partial charge in [0.25, 0.3) is 11.5 Å². The van der Waals surface area contributed by atoms with Crippen LogP contribution in [-0.2, 0) is 10.4 Å². The normalized spacial score (nSPS) is 16.3. The number of rotatable bonds is 6. The average molecular weight is 591 g/mol. The lowest BCUT2D eigenvalue weighted by molar-refractivity contribution is -0.275. The van der Waals surface area contributed by atoms with Gasteiger partial charge >= 0.3 is 12.1 Å². The molecule has 5 rings (SSSR count). The number of alkyl halides is 3. The molecule has 4 aromatic rings. The zero-order chi connectivity index (χ0) is 30.9. The number of aryl methyl sites for hydroxylation is 3. The largest absolute Gasteiger partial charge is 0.435 e. The molecule has 0 aromatic heterocycles. The Balaban J connectivity index is 1.37. The Kier molecular flexibility index (Phi) is 7.79. The van der Waals surface area contributed by atoms with Crippen LogP contribution in [0.2, 0.25) is 0 Å². The van der Waals surface area contributed by atoms with Gasteiger partial charge in [-0.15, -0.1) is 0 Å². The number of amides is 1. The molecule has 43 heavy (non-hydrogen) atoms. The predicted octanol–water partition coefficient (Wildman–Crippen LogP) is 7.80. The first kappa shape index (κ1) is 29.5. The highest BCUT2D eigenvalue weighted by molar-refractivity contribution is 6.05. The van der Waals surface area contributed by atoms with Crippen LogP contribution in [-0.4, -0.2) is 23.8 Å². The van der Waals surface area contributed by atoms with E-state index in [1.54, 1.807) is 57.2 Å². The van der Waals surface area contributed by atoms with E-state index in [2.05, 4.69) is 10.5 Å². The van der Waals surface area contributed by atoms with Crippen LogP contribution in [0.3, 0.4) is 0 Å². The number of benzene rings is 4. The summed E-state index contributed by atoms with van der Waals surface area (Å²) in [6.45, 7) is 4.93. The summed E-state index contributed by atoms with van der Waals surface area (Å²) < 4.78 is 62.4. The summed E-state index contributed by atoms with van der Waals surface area (Å²) in [6, 6.07) is 20.5. The monoisotopic (exact) mass is 590 g/mol. The van der Waals surface area contributed by atoms with Crippen molar-refractivity contribution in [2.45, 2.75) is 39.0 Å². The van der Waals surface area contributed by atoms with Gasteiger partial charge in [-0.25, -0.2) is 9.18 Å². The molecule has 10 heteroatoms. The number of halogens is 4. The zero-order valence-electron chi connectivity index (χ0n) is 23.4. The number of esters is 1. The molecule has 6 nitrogen and oxygen atoms in total. The van der Waals surface area contributed by atoms with Crippen LogP contribution >= 0.6 is 0 Å². The van der Waals surface area contributed by atoms with Gasteiger partial charge in [0.15, 0.2) is 0 Å². The third-order valence-corrected chi connectivity index (χ3v) is 7.27. The third-order valence-electron chi connectivity index (χ3n) is 7.27. The highest BCUT2D eigenvalue weighted by atomic mass is 19.4. The smallest absolute Gasteiger partial charge is 0.423 e. The maximum absolute atomic E-state index is 14.5. The molecule has 4 aromatic carbocycles. The van der Waals surface area contributed by atoms with E-state index in [0.717, 1.165) is 17.7 Å². The third kappa shape index (κ3) is 5.86. The van der Waals surface area contributed by atoms with Gasteiger partial charge in [-0.1, -0.05) is 41.6 Å². The van der Waals surface area contributed by atoms with Crippen molar-refractivity contribution in [1.29, 1.82) is 0 Å². The van der Waals surface area contributed by atoms with Crippen molar-refractivity contribution in [3.63, 3.8) is 0 Å². The number of hydrogen-bond acceptors (Lipinski definition) is 5. The van der Waals surface area contributed by atoms with Crippen LogP contribution in [0.15, 0.2) is 90.1 Å². The van der Waals surface area contributed by atoms with E-state index in [4.69, 9.17) is 9.57 Å². The Labute approximate surface area is 244 Å². The molecule has 0 saturated heterocycles. The summed E-state index contributed by atoms with van der Waals surface area (Å²) in [7, 11) is 0. The molecule has 1 heterocycles. The molecule has 1 unspecified atom stereocenters. The number of oxime groups is 1. The van der Waals surface area contributed by atoms with Crippen molar-refractivity contribution in [1.82, 2.24) is 0 Å². The quantitative estimate of drug-likeness (QED) is 0.141. The second-order valence-corrected chi connectivity index (χ2v) is 10.3. The van der Waals surface area contributed by atoms with Crippen molar-refractivity contribution in [3.8, 4) is 5.75 Å². The highest BCUT2D eigenvalue weighted by Gasteiger charge is 2.62. The maximum atomic E-state index is 14.5. The minimum absolute atomic E-state index is 0.0352. The SMILES string of the molecule is Cc1ccccc1C(=O)Oc1cccc(C(=O)Nc2c(C)cc(C3(C(F)(F)F)CC(c4ccc(F)cc4)=NO3)cc2C)c1. The summed E-state index contributed by atoms with van der Waals surface area (Å²) >= 11 is 0. The molecule has 1 amide bonds. The molecule has 220 valence electrons. The summed E-state index contributed by atoms with van der Waals surface area (Å²) in [6.07, 6.45) is -5.45. The van der Waals surface area contributed by atoms with Gasteiger partial charge in [-0.3, -0.25) is 4.79 Å². The topological polar surface area (TPSA) is 77.0 Å². The van der Waals surface area contributed by atoms with Gasteiger partial charge in [-0.2, -0.15) is 13.2 Å². The van der Waals surface area contributed by atoms with Gasteiger partial charge < -0.3 is 14.9 Å². The standard InChI is InChI=1S/C33H26F4N2O4/c1-19-7-4-5-10-27(19)31(41)42-26-9-6-8-23(17-26)30(40)38-29-20(2)15-24(16-21(29)3)32(33(35,36)37)18-28(39-43-32)22-11-13-25(34)14-12-22/h4-17H,18H2,1-3H3,(H,38,40). The fourth-order valence-corrected chi connectivity index (χ4v) is 4.95. The van der Waals surface area contributed by atoms with E-state index in [1.807, 2.05) is 0 Å². The molecular formula is C33H26F4N2O4. The van der Waals surface area contributed by atoms with Crippen molar-refractivity contribution in [2.75, 3.05) is 5.32 Å². The first-order valence-corrected chi connectivity index (χ1v) is 13.3. The van der Waals surface area contributed by atoms with Gasteiger partial charge in [0.05, 0.1) is 11.3 Å². The van der Waals surface area contributed by atoms with E-state index in [-0.39, 0.29) is 22.6 Å². The number of carbonyl (C=O) groups is 2. The van der Waals surface area contributed by atoms with Crippen molar-refractivity contribution >= 4 is 23.3 Å². The Morgan fingerprint density at radius 3 is 2.21 bits per heavy atom. The molecule has 0 spiro atoms. The lowest BCUT2D eigenvalue weighted by Crippen LogP contribution is -2.42. The van der Waals surface area contributed by atoms with Crippen molar-refractivity contribution in [3.05, 3.63) is 130 Å². The molecule has 0 fully saturated rings. The first-order chi connectivity index (χ1) is 20.4. The fraction of sp³-hybridized carbons (Fsp3) is 0.182. The summed E-state index contributed by atoms with van der Waals surface area (Å²) in [5, 5.41) is 6.48. The predicted molar refractivity (Wildman–Crippen MR) is 153 cm³/mol. The van der Waals surface area contributed by atoms with E-state index in [9.17, 15) is 27.2 Å². The molecule has 0 bridgehead atoms. The van der Waals surface area contributed by atoms with Gasteiger partial charge in [0, 0.05) is 23.2 Å².